The first-order valence-corrected chi connectivity index (χ1v) is 9.20. The van der Waals surface area contributed by atoms with Gasteiger partial charge < -0.3 is 4.90 Å². The number of likely N-dealkylation sites (tertiary alicyclic amines) is 2. The average molecular weight is 314 g/mol. The Labute approximate surface area is 140 Å². The standard InChI is InChI=1S/C20H30N2O/c1-16-8-11-22(15-16)20(23)17(2)21-12-9-19(10-13-21)14-18-6-4-3-5-7-18/h3-7,16-17,19H,8-15H2,1-2H3. The lowest BCUT2D eigenvalue weighted by atomic mass is 9.89. The van der Waals surface area contributed by atoms with Gasteiger partial charge in [0.1, 0.15) is 0 Å². The summed E-state index contributed by atoms with van der Waals surface area (Å²) in [4.78, 5) is 17.1. The van der Waals surface area contributed by atoms with Crippen molar-refractivity contribution >= 4 is 5.91 Å². The van der Waals surface area contributed by atoms with E-state index in [4.69, 9.17) is 0 Å². The van der Waals surface area contributed by atoms with Gasteiger partial charge in [-0.15, -0.1) is 0 Å². The first kappa shape index (κ1) is 16.5. The molecule has 2 aliphatic rings. The van der Waals surface area contributed by atoms with Crippen molar-refractivity contribution in [2.75, 3.05) is 26.2 Å². The fourth-order valence-electron chi connectivity index (χ4n) is 4.05. The molecule has 2 heterocycles. The largest absolute Gasteiger partial charge is 0.341 e. The van der Waals surface area contributed by atoms with Crippen molar-refractivity contribution in [3.63, 3.8) is 0 Å². The van der Waals surface area contributed by atoms with Gasteiger partial charge in [-0.1, -0.05) is 37.3 Å². The molecule has 0 spiro atoms. The molecule has 2 atom stereocenters. The van der Waals surface area contributed by atoms with Crippen LogP contribution in [0.4, 0.5) is 0 Å². The van der Waals surface area contributed by atoms with E-state index in [0.717, 1.165) is 38.5 Å². The van der Waals surface area contributed by atoms with Crippen LogP contribution in [0.5, 0.6) is 0 Å². The second-order valence-electron chi connectivity index (χ2n) is 7.52. The van der Waals surface area contributed by atoms with E-state index < -0.39 is 0 Å². The van der Waals surface area contributed by atoms with Crippen molar-refractivity contribution < 1.29 is 4.79 Å². The van der Waals surface area contributed by atoms with Crippen LogP contribution in [0.25, 0.3) is 0 Å². The van der Waals surface area contributed by atoms with Crippen LogP contribution in [0.2, 0.25) is 0 Å². The van der Waals surface area contributed by atoms with Gasteiger partial charge in [0.05, 0.1) is 6.04 Å². The summed E-state index contributed by atoms with van der Waals surface area (Å²) in [6.07, 6.45) is 4.77. The maximum Gasteiger partial charge on any atom is 0.239 e. The van der Waals surface area contributed by atoms with Crippen LogP contribution in [-0.4, -0.2) is 47.9 Å². The van der Waals surface area contributed by atoms with Gasteiger partial charge >= 0.3 is 0 Å². The average Bonchev–Trinajstić information content (AvgIpc) is 3.02. The van der Waals surface area contributed by atoms with E-state index in [-0.39, 0.29) is 6.04 Å². The summed E-state index contributed by atoms with van der Waals surface area (Å²) >= 11 is 0. The van der Waals surface area contributed by atoms with E-state index in [1.807, 2.05) is 0 Å². The smallest absolute Gasteiger partial charge is 0.239 e. The summed E-state index contributed by atoms with van der Waals surface area (Å²) in [5, 5.41) is 0. The highest BCUT2D eigenvalue weighted by atomic mass is 16.2. The van der Waals surface area contributed by atoms with Crippen molar-refractivity contribution in [1.82, 2.24) is 9.80 Å². The summed E-state index contributed by atoms with van der Waals surface area (Å²) < 4.78 is 0. The summed E-state index contributed by atoms with van der Waals surface area (Å²) in [6, 6.07) is 10.8. The van der Waals surface area contributed by atoms with E-state index >= 15 is 0 Å². The van der Waals surface area contributed by atoms with E-state index in [0.29, 0.717) is 11.8 Å². The highest BCUT2D eigenvalue weighted by molar-refractivity contribution is 5.81. The lowest BCUT2D eigenvalue weighted by Crippen LogP contribution is -2.49. The zero-order chi connectivity index (χ0) is 16.2. The molecule has 3 heteroatoms. The number of nitrogens with zero attached hydrogens (tertiary/aromatic N) is 2. The van der Waals surface area contributed by atoms with Gasteiger partial charge in [-0.05, 0) is 63.1 Å². The Hall–Kier alpha value is -1.35. The number of hydrogen-bond donors (Lipinski definition) is 0. The van der Waals surface area contributed by atoms with Crippen LogP contribution in [0.15, 0.2) is 30.3 Å². The van der Waals surface area contributed by atoms with Gasteiger partial charge in [-0.2, -0.15) is 0 Å². The van der Waals surface area contributed by atoms with Gasteiger partial charge in [0.25, 0.3) is 0 Å². The van der Waals surface area contributed by atoms with Crippen LogP contribution >= 0.6 is 0 Å². The Balaban J connectivity index is 1.47. The predicted molar refractivity (Wildman–Crippen MR) is 94.3 cm³/mol. The van der Waals surface area contributed by atoms with E-state index in [1.54, 1.807) is 0 Å². The minimum absolute atomic E-state index is 0.0537. The van der Waals surface area contributed by atoms with Gasteiger partial charge in [0, 0.05) is 13.1 Å². The lowest BCUT2D eigenvalue weighted by Gasteiger charge is -2.36. The molecule has 2 unspecified atom stereocenters. The molecule has 23 heavy (non-hydrogen) atoms. The van der Waals surface area contributed by atoms with Crippen molar-refractivity contribution in [2.45, 2.75) is 45.6 Å². The van der Waals surface area contributed by atoms with E-state index in [9.17, 15) is 4.79 Å². The normalized spacial score (nSPS) is 24.8. The van der Waals surface area contributed by atoms with Crippen molar-refractivity contribution in [3.05, 3.63) is 35.9 Å². The molecule has 0 N–H and O–H groups in total. The maximum atomic E-state index is 12.6. The molecule has 0 aliphatic carbocycles. The summed E-state index contributed by atoms with van der Waals surface area (Å²) in [6.45, 7) is 8.37. The van der Waals surface area contributed by atoms with Gasteiger partial charge in [0.15, 0.2) is 0 Å². The Morgan fingerprint density at radius 1 is 1.13 bits per heavy atom. The third kappa shape index (κ3) is 4.14. The number of hydrogen-bond acceptors (Lipinski definition) is 2. The molecule has 126 valence electrons. The molecule has 0 bridgehead atoms. The number of carbonyl (C=O) groups is 1. The fraction of sp³-hybridized carbons (Fsp3) is 0.650. The molecule has 3 rings (SSSR count). The molecule has 2 saturated heterocycles. The highest BCUT2D eigenvalue weighted by Gasteiger charge is 2.31. The topological polar surface area (TPSA) is 23.6 Å². The molecule has 1 amide bonds. The second kappa shape index (κ2) is 7.48. The first-order valence-electron chi connectivity index (χ1n) is 9.20. The summed E-state index contributed by atoms with van der Waals surface area (Å²) in [7, 11) is 0. The zero-order valence-corrected chi connectivity index (χ0v) is 14.6. The van der Waals surface area contributed by atoms with Crippen molar-refractivity contribution in [1.29, 1.82) is 0 Å². The summed E-state index contributed by atoms with van der Waals surface area (Å²) in [5.41, 5.74) is 1.45. The van der Waals surface area contributed by atoms with Crippen LogP contribution in [0.1, 0.15) is 38.7 Å². The molecule has 0 saturated carbocycles. The molecule has 1 aromatic carbocycles. The van der Waals surface area contributed by atoms with Crippen molar-refractivity contribution in [2.24, 2.45) is 11.8 Å². The first-order chi connectivity index (χ1) is 11.1. The summed E-state index contributed by atoms with van der Waals surface area (Å²) in [5.74, 6) is 1.78. The highest BCUT2D eigenvalue weighted by Crippen LogP contribution is 2.24. The van der Waals surface area contributed by atoms with Crippen LogP contribution < -0.4 is 0 Å². The number of piperidine rings is 1. The van der Waals surface area contributed by atoms with Gasteiger partial charge in [-0.25, -0.2) is 0 Å². The zero-order valence-electron chi connectivity index (χ0n) is 14.6. The Morgan fingerprint density at radius 2 is 1.83 bits per heavy atom. The Kier molecular flexibility index (Phi) is 5.37. The minimum atomic E-state index is 0.0537. The van der Waals surface area contributed by atoms with Gasteiger partial charge in [0.2, 0.25) is 5.91 Å². The van der Waals surface area contributed by atoms with Crippen molar-refractivity contribution in [3.8, 4) is 0 Å². The second-order valence-corrected chi connectivity index (χ2v) is 7.52. The molecule has 3 nitrogen and oxygen atoms in total. The third-order valence-electron chi connectivity index (χ3n) is 5.66. The van der Waals surface area contributed by atoms with E-state index in [1.165, 1.54) is 24.8 Å². The molecule has 2 fully saturated rings. The molecule has 0 radical (unpaired) electrons. The SMILES string of the molecule is CC1CCN(C(=O)C(C)N2CCC(Cc3ccccc3)CC2)C1. The predicted octanol–water partition coefficient (Wildman–Crippen LogP) is 3.20. The van der Waals surface area contributed by atoms with Crippen LogP contribution in [0.3, 0.4) is 0 Å². The van der Waals surface area contributed by atoms with Crippen LogP contribution in [0, 0.1) is 11.8 Å². The molecular weight excluding hydrogens is 284 g/mol. The number of amides is 1. The fourth-order valence-corrected chi connectivity index (χ4v) is 4.05. The number of carbonyl (C=O) groups excluding carboxylic acids is 1. The van der Waals surface area contributed by atoms with Gasteiger partial charge in [-0.3, -0.25) is 9.69 Å². The maximum absolute atomic E-state index is 12.6. The monoisotopic (exact) mass is 314 g/mol. The molecular formula is C20H30N2O. The Morgan fingerprint density at radius 3 is 2.43 bits per heavy atom. The third-order valence-corrected chi connectivity index (χ3v) is 5.66. The quantitative estimate of drug-likeness (QED) is 0.852. The Bertz CT molecular complexity index is 508. The molecule has 2 aliphatic heterocycles. The minimum Gasteiger partial charge on any atom is -0.341 e. The molecule has 1 aromatic rings. The molecule has 0 aromatic heterocycles. The number of rotatable bonds is 4. The van der Waals surface area contributed by atoms with E-state index in [2.05, 4.69) is 54.0 Å². The number of benzene rings is 1. The van der Waals surface area contributed by atoms with Crippen LogP contribution in [-0.2, 0) is 11.2 Å². The lowest BCUT2D eigenvalue weighted by molar-refractivity contribution is -0.136.